The van der Waals surface area contributed by atoms with Gasteiger partial charge in [-0.15, -0.1) is 0 Å². The number of aryl methyl sites for hydroxylation is 1. The molecule has 2 aromatic heterocycles. The minimum absolute atomic E-state index is 0.0555. The number of carbonyl (C=O) groups is 1. The molecular formula is C22H24ClN3O3S. The molecule has 0 radical (unpaired) electrons. The number of pyridine rings is 1. The Balaban J connectivity index is 2.19. The number of rotatable bonds is 6. The summed E-state index contributed by atoms with van der Waals surface area (Å²) < 4.78 is 28.9. The molecule has 0 aliphatic carbocycles. The van der Waals surface area contributed by atoms with Crippen LogP contribution >= 0.6 is 11.6 Å². The molecule has 1 N–H and O–H groups in total. The van der Waals surface area contributed by atoms with Crippen LogP contribution in [0.2, 0.25) is 5.15 Å². The van der Waals surface area contributed by atoms with Gasteiger partial charge >= 0.3 is 0 Å². The van der Waals surface area contributed by atoms with Crippen molar-refractivity contribution in [2.24, 2.45) is 0 Å². The first-order valence-corrected chi connectivity index (χ1v) is 11.5. The Bertz CT molecular complexity index is 1200. The Hall–Kier alpha value is -2.64. The van der Waals surface area contributed by atoms with Gasteiger partial charge in [0, 0.05) is 18.4 Å². The number of hydrogen-bond acceptors (Lipinski definition) is 4. The van der Waals surface area contributed by atoms with Crippen LogP contribution in [-0.4, -0.2) is 23.9 Å². The Kier molecular flexibility index (Phi) is 6.33. The zero-order valence-corrected chi connectivity index (χ0v) is 18.9. The van der Waals surface area contributed by atoms with Gasteiger partial charge in [0.05, 0.1) is 10.5 Å². The van der Waals surface area contributed by atoms with Gasteiger partial charge in [-0.25, -0.2) is 13.4 Å². The number of carbonyl (C=O) groups excluding carboxylic acids is 1. The predicted octanol–water partition coefficient (Wildman–Crippen LogP) is 4.96. The van der Waals surface area contributed by atoms with Crippen LogP contribution in [0.1, 0.15) is 40.5 Å². The fourth-order valence-electron chi connectivity index (χ4n) is 3.36. The molecule has 0 fully saturated rings. The van der Waals surface area contributed by atoms with Crippen LogP contribution in [-0.2, 0) is 16.4 Å². The van der Waals surface area contributed by atoms with Gasteiger partial charge in [0.15, 0.2) is 0 Å². The van der Waals surface area contributed by atoms with E-state index >= 15 is 0 Å². The molecule has 158 valence electrons. The summed E-state index contributed by atoms with van der Waals surface area (Å²) in [4.78, 5) is 17.1. The summed E-state index contributed by atoms with van der Waals surface area (Å²) in [6, 6.07) is 9.83. The Labute approximate surface area is 181 Å². The van der Waals surface area contributed by atoms with E-state index in [-0.39, 0.29) is 26.3 Å². The van der Waals surface area contributed by atoms with Crippen LogP contribution in [0, 0.1) is 20.8 Å². The van der Waals surface area contributed by atoms with E-state index in [1.165, 1.54) is 6.20 Å². The highest BCUT2D eigenvalue weighted by molar-refractivity contribution is 7.91. The van der Waals surface area contributed by atoms with Crippen LogP contribution in [0.5, 0.6) is 0 Å². The van der Waals surface area contributed by atoms with Crippen LogP contribution in [0.4, 0.5) is 5.82 Å². The van der Waals surface area contributed by atoms with E-state index in [0.29, 0.717) is 12.1 Å². The lowest BCUT2D eigenvalue weighted by Crippen LogP contribution is -2.18. The lowest BCUT2D eigenvalue weighted by Gasteiger charge is -2.14. The van der Waals surface area contributed by atoms with E-state index in [1.54, 1.807) is 43.3 Å². The number of anilines is 1. The second-order valence-electron chi connectivity index (χ2n) is 7.15. The maximum absolute atomic E-state index is 13.5. The molecule has 0 saturated carbocycles. The molecular weight excluding hydrogens is 422 g/mol. The van der Waals surface area contributed by atoms with Crippen molar-refractivity contribution >= 4 is 33.2 Å². The number of benzene rings is 1. The molecule has 0 aliphatic rings. The smallest absolute Gasteiger partial charge is 0.259 e. The monoisotopic (exact) mass is 445 g/mol. The van der Waals surface area contributed by atoms with Gasteiger partial charge in [0.2, 0.25) is 9.84 Å². The molecule has 30 heavy (non-hydrogen) atoms. The number of nitrogens with zero attached hydrogens (tertiary/aromatic N) is 2. The third-order valence-corrected chi connectivity index (χ3v) is 7.29. The lowest BCUT2D eigenvalue weighted by atomic mass is 10.2. The van der Waals surface area contributed by atoms with Gasteiger partial charge in [0.25, 0.3) is 5.91 Å². The summed E-state index contributed by atoms with van der Waals surface area (Å²) in [5.41, 5.74) is 2.54. The third-order valence-electron chi connectivity index (χ3n) is 5.06. The first kappa shape index (κ1) is 22.1. The van der Waals surface area contributed by atoms with Gasteiger partial charge in [-0.3, -0.25) is 4.79 Å². The molecule has 2 heterocycles. The van der Waals surface area contributed by atoms with E-state index in [9.17, 15) is 13.2 Å². The molecule has 0 saturated heterocycles. The van der Waals surface area contributed by atoms with Crippen molar-refractivity contribution in [3.05, 3.63) is 70.1 Å². The molecule has 3 rings (SSSR count). The van der Waals surface area contributed by atoms with E-state index in [2.05, 4.69) is 10.3 Å². The molecule has 1 aromatic carbocycles. The van der Waals surface area contributed by atoms with Crippen LogP contribution < -0.4 is 5.32 Å². The third kappa shape index (κ3) is 4.00. The highest BCUT2D eigenvalue weighted by atomic mass is 35.5. The quantitative estimate of drug-likeness (QED) is 0.544. The van der Waals surface area contributed by atoms with Gasteiger partial charge < -0.3 is 9.88 Å². The van der Waals surface area contributed by atoms with E-state index in [4.69, 9.17) is 11.6 Å². The summed E-state index contributed by atoms with van der Waals surface area (Å²) >= 11 is 6.07. The Morgan fingerprint density at radius 2 is 1.80 bits per heavy atom. The fourth-order valence-corrected chi connectivity index (χ4v) is 5.26. The van der Waals surface area contributed by atoms with Crippen LogP contribution in [0.15, 0.2) is 52.4 Å². The standard InChI is InChI=1S/C22H24ClN3O3S/c1-5-13-26-16(4)15(3)19(30(28,29)17-10-8-14(2)9-11-17)21(26)25-22(27)18-7-6-12-24-20(18)23/h6-12H,5,13H2,1-4H3,(H,25,27). The maximum Gasteiger partial charge on any atom is 0.259 e. The number of halogens is 1. The van der Waals surface area contributed by atoms with Gasteiger partial charge in [-0.1, -0.05) is 36.2 Å². The fraction of sp³-hybridized carbons (Fsp3) is 0.273. The van der Waals surface area contributed by atoms with Crippen molar-refractivity contribution in [2.75, 3.05) is 5.32 Å². The zero-order valence-electron chi connectivity index (χ0n) is 17.4. The van der Waals surface area contributed by atoms with Crippen LogP contribution in [0.25, 0.3) is 0 Å². The van der Waals surface area contributed by atoms with Gasteiger partial charge in [-0.05, 0) is 57.0 Å². The average molecular weight is 446 g/mol. The lowest BCUT2D eigenvalue weighted by molar-refractivity contribution is 0.102. The Morgan fingerprint density at radius 3 is 2.40 bits per heavy atom. The number of aromatic nitrogens is 2. The number of nitrogens with one attached hydrogen (secondary N) is 1. The summed E-state index contributed by atoms with van der Waals surface area (Å²) in [5, 5.41) is 2.85. The molecule has 0 spiro atoms. The van der Waals surface area contributed by atoms with E-state index < -0.39 is 15.7 Å². The molecule has 6 nitrogen and oxygen atoms in total. The molecule has 3 aromatic rings. The molecule has 0 bridgehead atoms. The molecule has 8 heteroatoms. The first-order valence-electron chi connectivity index (χ1n) is 9.61. The second kappa shape index (κ2) is 8.62. The van der Waals surface area contributed by atoms with Gasteiger partial charge in [-0.2, -0.15) is 0 Å². The molecule has 0 unspecified atom stereocenters. The normalized spacial score (nSPS) is 11.5. The molecule has 0 aliphatic heterocycles. The van der Waals surface area contributed by atoms with Crippen molar-refractivity contribution in [1.29, 1.82) is 0 Å². The minimum Gasteiger partial charge on any atom is -0.331 e. The van der Waals surface area contributed by atoms with E-state index in [0.717, 1.165) is 17.7 Å². The van der Waals surface area contributed by atoms with E-state index in [1.807, 2.05) is 25.3 Å². The minimum atomic E-state index is -3.86. The highest BCUT2D eigenvalue weighted by Gasteiger charge is 2.30. The number of amides is 1. The second-order valence-corrected chi connectivity index (χ2v) is 9.40. The molecule has 1 amide bonds. The van der Waals surface area contributed by atoms with Crippen molar-refractivity contribution in [1.82, 2.24) is 9.55 Å². The highest BCUT2D eigenvalue weighted by Crippen LogP contribution is 2.36. The largest absolute Gasteiger partial charge is 0.331 e. The zero-order chi connectivity index (χ0) is 22.1. The van der Waals surface area contributed by atoms with Crippen molar-refractivity contribution in [3.8, 4) is 0 Å². The van der Waals surface area contributed by atoms with Crippen molar-refractivity contribution in [3.63, 3.8) is 0 Å². The topological polar surface area (TPSA) is 81.1 Å². The summed E-state index contributed by atoms with van der Waals surface area (Å²) in [6.45, 7) is 8.06. The van der Waals surface area contributed by atoms with Crippen molar-refractivity contribution < 1.29 is 13.2 Å². The number of sulfone groups is 1. The SMILES string of the molecule is CCCn1c(C)c(C)c(S(=O)(=O)c2ccc(C)cc2)c1NC(=O)c1cccnc1Cl. The first-order chi connectivity index (χ1) is 14.2. The summed E-state index contributed by atoms with van der Waals surface area (Å²) in [7, 11) is -3.86. The number of hydrogen-bond donors (Lipinski definition) is 1. The van der Waals surface area contributed by atoms with Crippen LogP contribution in [0.3, 0.4) is 0 Å². The maximum atomic E-state index is 13.5. The molecule has 0 atom stereocenters. The predicted molar refractivity (Wildman–Crippen MR) is 118 cm³/mol. The summed E-state index contributed by atoms with van der Waals surface area (Å²) in [5.74, 6) is -0.263. The van der Waals surface area contributed by atoms with Gasteiger partial charge in [0.1, 0.15) is 15.9 Å². The van der Waals surface area contributed by atoms with Crippen molar-refractivity contribution in [2.45, 2.75) is 50.5 Å². The average Bonchev–Trinajstić information content (AvgIpc) is 2.93. The Morgan fingerprint density at radius 1 is 1.13 bits per heavy atom. The summed E-state index contributed by atoms with van der Waals surface area (Å²) in [6.07, 6.45) is 2.26.